The average molecular weight is 465 g/mol. The molecule has 0 radical (unpaired) electrons. The van der Waals surface area contributed by atoms with E-state index in [0.717, 1.165) is 13.6 Å². The van der Waals surface area contributed by atoms with Crippen molar-refractivity contribution in [2.45, 2.75) is 6.54 Å². The third-order valence-corrected chi connectivity index (χ3v) is 4.60. The van der Waals surface area contributed by atoms with Crippen LogP contribution < -0.4 is 0 Å². The van der Waals surface area contributed by atoms with E-state index in [1.54, 1.807) is 11.9 Å². The van der Waals surface area contributed by atoms with Gasteiger partial charge in [0.05, 0.1) is 5.56 Å². The van der Waals surface area contributed by atoms with Gasteiger partial charge < -0.3 is 4.90 Å². The summed E-state index contributed by atoms with van der Waals surface area (Å²) in [4.78, 5) is 14.1. The van der Waals surface area contributed by atoms with Crippen LogP contribution in [0.15, 0.2) is 46.9 Å². The zero-order chi connectivity index (χ0) is 14.7. The van der Waals surface area contributed by atoms with E-state index >= 15 is 0 Å². The van der Waals surface area contributed by atoms with Crippen molar-refractivity contribution in [2.75, 3.05) is 7.05 Å². The fourth-order valence-corrected chi connectivity index (χ4v) is 2.92. The van der Waals surface area contributed by atoms with Crippen LogP contribution in [0.5, 0.6) is 0 Å². The molecule has 0 N–H and O–H groups in total. The van der Waals surface area contributed by atoms with Gasteiger partial charge in [0.15, 0.2) is 0 Å². The quantitative estimate of drug-likeness (QED) is 0.587. The second-order valence-electron chi connectivity index (χ2n) is 4.38. The van der Waals surface area contributed by atoms with E-state index in [1.807, 2.05) is 42.5 Å². The molecule has 0 heterocycles. The van der Waals surface area contributed by atoms with Crippen LogP contribution in [0.3, 0.4) is 0 Å². The maximum Gasteiger partial charge on any atom is 0.255 e. The van der Waals surface area contributed by atoms with Gasteiger partial charge in [0.1, 0.15) is 0 Å². The number of hydrogen-bond acceptors (Lipinski definition) is 1. The molecule has 5 heteroatoms. The highest BCUT2D eigenvalue weighted by molar-refractivity contribution is 14.1. The van der Waals surface area contributed by atoms with Gasteiger partial charge in [-0.3, -0.25) is 4.79 Å². The molecule has 2 nitrogen and oxygen atoms in total. The third-order valence-electron chi connectivity index (χ3n) is 2.87. The number of rotatable bonds is 3. The van der Waals surface area contributed by atoms with E-state index in [-0.39, 0.29) is 5.91 Å². The molecule has 20 heavy (non-hydrogen) atoms. The number of halogens is 3. The summed E-state index contributed by atoms with van der Waals surface area (Å²) in [7, 11) is 1.78. The minimum atomic E-state index is -0.0321. The third kappa shape index (κ3) is 3.74. The van der Waals surface area contributed by atoms with Crippen LogP contribution in [0.25, 0.3) is 0 Å². The normalized spacial score (nSPS) is 10.4. The molecule has 0 spiro atoms. The molecule has 0 unspecified atom stereocenters. The summed E-state index contributed by atoms with van der Waals surface area (Å²) in [6.07, 6.45) is 0. The molecular weight excluding hydrogens is 452 g/mol. The lowest BCUT2D eigenvalue weighted by Gasteiger charge is -2.19. The van der Waals surface area contributed by atoms with E-state index in [1.165, 1.54) is 0 Å². The van der Waals surface area contributed by atoms with Gasteiger partial charge in [0.25, 0.3) is 5.91 Å². The molecule has 0 saturated heterocycles. The van der Waals surface area contributed by atoms with Crippen molar-refractivity contribution >= 4 is 56.0 Å². The van der Waals surface area contributed by atoms with E-state index in [4.69, 9.17) is 11.6 Å². The van der Waals surface area contributed by atoms with Crippen LogP contribution in [0.1, 0.15) is 15.9 Å². The van der Waals surface area contributed by atoms with Crippen molar-refractivity contribution < 1.29 is 4.79 Å². The second-order valence-corrected chi connectivity index (χ2v) is 6.88. The Balaban J connectivity index is 2.21. The van der Waals surface area contributed by atoms with E-state index < -0.39 is 0 Å². The highest BCUT2D eigenvalue weighted by atomic mass is 127. The maximum atomic E-state index is 12.5. The Bertz CT molecular complexity index is 648. The van der Waals surface area contributed by atoms with Crippen molar-refractivity contribution in [3.63, 3.8) is 0 Å². The van der Waals surface area contributed by atoms with E-state index in [2.05, 4.69) is 38.5 Å². The molecule has 104 valence electrons. The molecule has 0 aliphatic rings. The highest BCUT2D eigenvalue weighted by Gasteiger charge is 2.16. The Hall–Kier alpha value is -0.590. The first-order valence-electron chi connectivity index (χ1n) is 5.93. The fourth-order valence-electron chi connectivity index (χ4n) is 1.82. The van der Waals surface area contributed by atoms with Crippen LogP contribution in [-0.2, 0) is 6.54 Å². The fraction of sp³-hybridized carbons (Fsp3) is 0.133. The monoisotopic (exact) mass is 463 g/mol. The van der Waals surface area contributed by atoms with Gasteiger partial charge in [-0.25, -0.2) is 0 Å². The van der Waals surface area contributed by atoms with Gasteiger partial charge in [-0.05, 0) is 68.3 Å². The lowest BCUT2D eigenvalue weighted by molar-refractivity contribution is 0.0784. The van der Waals surface area contributed by atoms with Gasteiger partial charge in [-0.2, -0.15) is 0 Å². The van der Waals surface area contributed by atoms with Gasteiger partial charge >= 0.3 is 0 Å². The summed E-state index contributed by atoms with van der Waals surface area (Å²) in [5.74, 6) is -0.0321. The average Bonchev–Trinajstić information content (AvgIpc) is 2.43. The Labute approximate surface area is 145 Å². The largest absolute Gasteiger partial charge is 0.337 e. The van der Waals surface area contributed by atoms with Crippen LogP contribution in [0.2, 0.25) is 5.02 Å². The molecule has 2 aromatic rings. The highest BCUT2D eigenvalue weighted by Crippen LogP contribution is 2.22. The molecule has 2 aromatic carbocycles. The van der Waals surface area contributed by atoms with E-state index in [0.29, 0.717) is 17.1 Å². The first-order valence-corrected chi connectivity index (χ1v) is 8.18. The van der Waals surface area contributed by atoms with Crippen molar-refractivity contribution in [3.05, 3.63) is 66.7 Å². The van der Waals surface area contributed by atoms with Gasteiger partial charge in [-0.1, -0.05) is 29.8 Å². The minimum absolute atomic E-state index is 0.0321. The minimum Gasteiger partial charge on any atom is -0.337 e. The summed E-state index contributed by atoms with van der Waals surface area (Å²) in [5, 5.41) is 0.675. The Morgan fingerprint density at radius 2 is 2.00 bits per heavy atom. The number of amides is 1. The van der Waals surface area contributed by atoms with Gasteiger partial charge in [0.2, 0.25) is 0 Å². The van der Waals surface area contributed by atoms with Crippen LogP contribution in [-0.4, -0.2) is 17.9 Å². The lowest BCUT2D eigenvalue weighted by Crippen LogP contribution is -2.26. The molecule has 1 amide bonds. The van der Waals surface area contributed by atoms with Crippen LogP contribution in [0.4, 0.5) is 0 Å². The van der Waals surface area contributed by atoms with Crippen molar-refractivity contribution in [1.29, 1.82) is 0 Å². The SMILES string of the molecule is CN(Cc1ccccc1Cl)C(=O)c1cc(I)ccc1Br. The molecule has 0 aliphatic carbocycles. The first-order chi connectivity index (χ1) is 9.49. The zero-order valence-corrected chi connectivity index (χ0v) is 15.2. The number of hydrogen-bond donors (Lipinski definition) is 0. The van der Waals surface area contributed by atoms with Crippen molar-refractivity contribution in [1.82, 2.24) is 4.90 Å². The molecule has 0 aliphatic heterocycles. The Morgan fingerprint density at radius 3 is 2.70 bits per heavy atom. The molecule has 0 atom stereocenters. The first kappa shape index (κ1) is 15.8. The number of carbonyl (C=O) groups excluding carboxylic acids is 1. The van der Waals surface area contributed by atoms with Crippen molar-refractivity contribution in [2.24, 2.45) is 0 Å². The summed E-state index contributed by atoms with van der Waals surface area (Å²) in [5.41, 5.74) is 1.60. The topological polar surface area (TPSA) is 20.3 Å². The Morgan fingerprint density at radius 1 is 1.30 bits per heavy atom. The lowest BCUT2D eigenvalue weighted by atomic mass is 10.1. The van der Waals surface area contributed by atoms with Crippen LogP contribution >= 0.6 is 50.1 Å². The molecular formula is C15H12BrClINO. The van der Waals surface area contributed by atoms with E-state index in [9.17, 15) is 4.79 Å². The molecule has 0 bridgehead atoms. The molecule has 2 rings (SSSR count). The molecule has 0 fully saturated rings. The predicted octanol–water partition coefficient (Wildman–Crippen LogP) is 4.98. The summed E-state index contributed by atoms with van der Waals surface area (Å²) < 4.78 is 1.83. The molecule has 0 saturated carbocycles. The standard InChI is InChI=1S/C15H12BrClINO/c1-19(9-10-4-2-3-5-14(10)17)15(20)12-8-11(18)6-7-13(12)16/h2-8H,9H2,1H3. The predicted molar refractivity (Wildman–Crippen MR) is 94.1 cm³/mol. The number of nitrogens with zero attached hydrogens (tertiary/aromatic N) is 1. The molecule has 0 aromatic heterocycles. The number of carbonyl (C=O) groups is 1. The van der Waals surface area contributed by atoms with Gasteiger partial charge in [-0.15, -0.1) is 0 Å². The second kappa shape index (κ2) is 6.91. The summed E-state index contributed by atoms with van der Waals surface area (Å²) in [6, 6.07) is 13.3. The van der Waals surface area contributed by atoms with Crippen molar-refractivity contribution in [3.8, 4) is 0 Å². The maximum absolute atomic E-state index is 12.5. The number of benzene rings is 2. The van der Waals surface area contributed by atoms with Gasteiger partial charge in [0, 0.05) is 26.7 Å². The summed E-state index contributed by atoms with van der Waals surface area (Å²) >= 11 is 11.7. The zero-order valence-electron chi connectivity index (χ0n) is 10.7. The van der Waals surface area contributed by atoms with Crippen LogP contribution in [0, 0.1) is 3.57 Å². The Kier molecular flexibility index (Phi) is 5.46. The smallest absolute Gasteiger partial charge is 0.255 e. The summed E-state index contributed by atoms with van der Waals surface area (Å²) in [6.45, 7) is 0.483.